The summed E-state index contributed by atoms with van der Waals surface area (Å²) in [6.07, 6.45) is 4.16. The summed E-state index contributed by atoms with van der Waals surface area (Å²) in [5.41, 5.74) is -12.3. The Labute approximate surface area is 156 Å². The van der Waals surface area contributed by atoms with Crippen LogP contribution in [0.4, 0.5) is 26.3 Å². The standard InChI is InChI=1S/C11H26N.C2HF6NO4S2/c1-5-9-10-11-12(6-2,7-3)8-4;3-1(4,5)14(10,11)9-15(12,13)2(6,7)8/h5-11H2,1-4H3;9H/q+1;. The molecule has 0 aliphatic rings. The number of unbranched alkanes of at least 4 members (excludes halogenated alkanes) is 2. The van der Waals surface area contributed by atoms with Crippen molar-refractivity contribution in [1.82, 2.24) is 4.13 Å². The van der Waals surface area contributed by atoms with Crippen molar-refractivity contribution in [2.75, 3.05) is 26.2 Å². The van der Waals surface area contributed by atoms with Gasteiger partial charge in [-0.15, -0.1) is 0 Å². The first-order chi connectivity index (χ1) is 11.9. The Balaban J connectivity index is 0. The van der Waals surface area contributed by atoms with E-state index in [4.69, 9.17) is 0 Å². The van der Waals surface area contributed by atoms with Crippen LogP contribution < -0.4 is 4.13 Å². The molecular formula is C13H27F6N2O4S2+. The van der Waals surface area contributed by atoms with Crippen molar-refractivity contribution < 1.29 is 47.7 Å². The Morgan fingerprint density at radius 1 is 0.704 bits per heavy atom. The Morgan fingerprint density at radius 3 is 1.26 bits per heavy atom. The van der Waals surface area contributed by atoms with E-state index in [2.05, 4.69) is 27.7 Å². The van der Waals surface area contributed by atoms with Crippen LogP contribution in [0.25, 0.3) is 0 Å². The van der Waals surface area contributed by atoms with Gasteiger partial charge in [0.1, 0.15) is 0 Å². The van der Waals surface area contributed by atoms with Crippen molar-refractivity contribution in [3.05, 3.63) is 0 Å². The van der Waals surface area contributed by atoms with Crippen LogP contribution in [-0.2, 0) is 20.0 Å². The molecule has 0 atom stereocenters. The van der Waals surface area contributed by atoms with Gasteiger partial charge in [0.25, 0.3) is 0 Å². The first-order valence-corrected chi connectivity index (χ1v) is 11.2. The molecule has 0 bridgehead atoms. The fourth-order valence-electron chi connectivity index (χ4n) is 2.08. The minimum Gasteiger partial charge on any atom is -0.324 e. The second-order valence-corrected chi connectivity index (χ2v) is 9.31. The van der Waals surface area contributed by atoms with Crippen LogP contribution in [0.3, 0.4) is 0 Å². The molecule has 1 N–H and O–H groups in total. The maximum atomic E-state index is 11.5. The summed E-state index contributed by atoms with van der Waals surface area (Å²) < 4.78 is 110. The third-order valence-electron chi connectivity index (χ3n) is 4.08. The number of nitrogens with zero attached hydrogens (tertiary/aromatic N) is 1. The van der Waals surface area contributed by atoms with Crippen molar-refractivity contribution in [1.29, 1.82) is 0 Å². The van der Waals surface area contributed by atoms with Crippen LogP contribution in [0.5, 0.6) is 0 Å². The van der Waals surface area contributed by atoms with E-state index in [1.165, 1.54) is 49.9 Å². The number of halogens is 6. The summed E-state index contributed by atoms with van der Waals surface area (Å²) >= 11 is 0. The third kappa shape index (κ3) is 9.43. The van der Waals surface area contributed by atoms with Crippen LogP contribution in [0.2, 0.25) is 0 Å². The molecule has 0 rings (SSSR count). The lowest BCUT2D eigenvalue weighted by Crippen LogP contribution is -2.48. The number of quaternary nitrogens is 1. The fraction of sp³-hybridized carbons (Fsp3) is 1.00. The summed E-state index contributed by atoms with van der Waals surface area (Å²) in [4.78, 5) is 0. The van der Waals surface area contributed by atoms with Crippen molar-refractivity contribution in [3.8, 4) is 0 Å². The molecule has 166 valence electrons. The maximum Gasteiger partial charge on any atom is 0.512 e. The molecule has 0 aromatic rings. The molecule has 0 aromatic carbocycles. The van der Waals surface area contributed by atoms with E-state index in [9.17, 15) is 43.2 Å². The van der Waals surface area contributed by atoms with Crippen LogP contribution in [0.1, 0.15) is 47.0 Å². The Kier molecular flexibility index (Phi) is 11.5. The lowest BCUT2D eigenvalue weighted by atomic mass is 10.2. The zero-order valence-corrected chi connectivity index (χ0v) is 17.2. The fourth-order valence-corrected chi connectivity index (χ4v) is 3.99. The van der Waals surface area contributed by atoms with E-state index < -0.39 is 35.2 Å². The molecule has 0 unspecified atom stereocenters. The average Bonchev–Trinajstić information content (AvgIpc) is 2.50. The number of sulfonamides is 2. The lowest BCUT2D eigenvalue weighted by molar-refractivity contribution is -0.923. The zero-order valence-electron chi connectivity index (χ0n) is 15.6. The zero-order chi connectivity index (χ0) is 22.2. The summed E-state index contributed by atoms with van der Waals surface area (Å²) in [5, 5.41) is 0. The predicted octanol–water partition coefficient (Wildman–Crippen LogP) is 3.33. The molecule has 0 amide bonds. The van der Waals surface area contributed by atoms with Crippen LogP contribution in [0.15, 0.2) is 0 Å². The Morgan fingerprint density at radius 2 is 1.04 bits per heavy atom. The highest BCUT2D eigenvalue weighted by molar-refractivity contribution is 8.05. The molecule has 0 saturated carbocycles. The van der Waals surface area contributed by atoms with Gasteiger partial charge in [0.15, 0.2) is 0 Å². The molecule has 0 heterocycles. The largest absolute Gasteiger partial charge is 0.512 e. The second-order valence-electron chi connectivity index (χ2n) is 5.70. The topological polar surface area (TPSA) is 80.3 Å². The Bertz CT molecular complexity index is 576. The van der Waals surface area contributed by atoms with Crippen molar-refractivity contribution in [3.63, 3.8) is 0 Å². The minimum atomic E-state index is -6.60. The van der Waals surface area contributed by atoms with Crippen LogP contribution >= 0.6 is 0 Å². The summed E-state index contributed by atoms with van der Waals surface area (Å²) in [6, 6.07) is 0. The third-order valence-corrected chi connectivity index (χ3v) is 7.05. The Hall–Kier alpha value is -0.600. The monoisotopic (exact) mass is 453 g/mol. The number of rotatable bonds is 9. The van der Waals surface area contributed by atoms with Gasteiger partial charge in [0.05, 0.1) is 26.2 Å². The minimum absolute atomic E-state index is 0.493. The first-order valence-electron chi connectivity index (χ1n) is 8.21. The van der Waals surface area contributed by atoms with Crippen LogP contribution in [0, 0.1) is 0 Å². The SMILES string of the molecule is CCCCC[N+](CC)(CC)CC.O=S(=O)(NS(=O)(=O)C(F)(F)F)C(F)(F)F. The second kappa shape index (κ2) is 10.8. The predicted molar refractivity (Wildman–Crippen MR) is 89.4 cm³/mol. The van der Waals surface area contributed by atoms with Crippen molar-refractivity contribution in [2.24, 2.45) is 0 Å². The van der Waals surface area contributed by atoms with Gasteiger partial charge in [-0.25, -0.2) is 16.8 Å². The summed E-state index contributed by atoms with van der Waals surface area (Å²) in [5.74, 6) is 0. The van der Waals surface area contributed by atoms with E-state index in [0.717, 1.165) is 0 Å². The molecule has 0 aromatic heterocycles. The number of hydrogen-bond acceptors (Lipinski definition) is 4. The quantitative estimate of drug-likeness (QED) is 0.330. The smallest absolute Gasteiger partial charge is 0.324 e. The number of nitrogens with one attached hydrogen (secondary N) is 1. The van der Waals surface area contributed by atoms with Gasteiger partial charge >= 0.3 is 31.1 Å². The highest BCUT2D eigenvalue weighted by Crippen LogP contribution is 2.27. The molecule has 0 radical (unpaired) electrons. The van der Waals surface area contributed by atoms with Gasteiger partial charge in [-0.2, -0.15) is 26.3 Å². The van der Waals surface area contributed by atoms with E-state index in [-0.39, 0.29) is 0 Å². The molecule has 27 heavy (non-hydrogen) atoms. The highest BCUT2D eigenvalue weighted by Gasteiger charge is 2.55. The van der Waals surface area contributed by atoms with Gasteiger partial charge in [-0.3, -0.25) is 0 Å². The van der Waals surface area contributed by atoms with E-state index in [1.54, 1.807) is 0 Å². The molecular weight excluding hydrogens is 426 g/mol. The first kappa shape index (κ1) is 28.6. The summed E-state index contributed by atoms with van der Waals surface area (Å²) in [6.45, 7) is 14.5. The molecule has 0 saturated heterocycles. The molecule has 6 nitrogen and oxygen atoms in total. The van der Waals surface area contributed by atoms with Crippen LogP contribution in [-0.4, -0.2) is 58.5 Å². The maximum absolute atomic E-state index is 11.5. The molecule has 0 spiro atoms. The normalized spacial score (nSPS) is 13.9. The van der Waals surface area contributed by atoms with E-state index in [0.29, 0.717) is 0 Å². The number of hydrogen-bond donors (Lipinski definition) is 1. The molecule has 0 fully saturated rings. The van der Waals surface area contributed by atoms with Gasteiger partial charge < -0.3 is 4.48 Å². The van der Waals surface area contributed by atoms with Crippen molar-refractivity contribution in [2.45, 2.75) is 58.0 Å². The molecule has 14 heteroatoms. The lowest BCUT2D eigenvalue weighted by Gasteiger charge is -2.35. The highest BCUT2D eigenvalue weighted by atomic mass is 32.3. The van der Waals surface area contributed by atoms with Crippen molar-refractivity contribution >= 4 is 20.0 Å². The van der Waals surface area contributed by atoms with E-state index >= 15 is 0 Å². The molecule has 0 aliphatic carbocycles. The molecule has 0 aliphatic heterocycles. The van der Waals surface area contributed by atoms with Gasteiger partial charge in [0.2, 0.25) is 0 Å². The average molecular weight is 453 g/mol. The summed E-state index contributed by atoms with van der Waals surface area (Å²) in [7, 11) is -13.2. The van der Waals surface area contributed by atoms with Gasteiger partial charge in [-0.1, -0.05) is 17.5 Å². The van der Waals surface area contributed by atoms with Gasteiger partial charge in [0, 0.05) is 0 Å². The van der Waals surface area contributed by atoms with Gasteiger partial charge in [-0.05, 0) is 33.6 Å². The van der Waals surface area contributed by atoms with E-state index in [1.807, 2.05) is 0 Å². The number of alkyl halides is 6.